The van der Waals surface area contributed by atoms with Gasteiger partial charge in [0.05, 0.1) is 12.1 Å². The van der Waals surface area contributed by atoms with Crippen LogP contribution in [0.3, 0.4) is 0 Å². The van der Waals surface area contributed by atoms with Gasteiger partial charge in [-0.15, -0.1) is 0 Å². The Hall–Kier alpha value is -1.97. The number of hydrogen-bond donors (Lipinski definition) is 4. The van der Waals surface area contributed by atoms with Gasteiger partial charge in [-0.25, -0.2) is 4.98 Å². The molecule has 1 saturated carbocycles. The number of β-amino-alcohol motifs (C(OH)–C–C–N with tert-alkyl or cyclic N) is 1. The molecule has 0 radical (unpaired) electrons. The third kappa shape index (κ3) is 7.12. The summed E-state index contributed by atoms with van der Waals surface area (Å²) in [6.45, 7) is 4.42. The van der Waals surface area contributed by atoms with Crippen LogP contribution >= 0.6 is 0 Å². The molecule has 5 rings (SSSR count). The number of aromatic nitrogens is 2. The Labute approximate surface area is 222 Å². The van der Waals surface area contributed by atoms with Crippen LogP contribution in [0.5, 0.6) is 0 Å². The van der Waals surface area contributed by atoms with Crippen molar-refractivity contribution >= 4 is 17.7 Å². The van der Waals surface area contributed by atoms with Crippen molar-refractivity contribution in [1.82, 2.24) is 25.5 Å². The van der Waals surface area contributed by atoms with Gasteiger partial charge < -0.3 is 26.0 Å². The minimum absolute atomic E-state index is 0.00886. The van der Waals surface area contributed by atoms with Crippen molar-refractivity contribution < 1.29 is 9.90 Å². The SMILES string of the molecule is O=C(NCCC1C(Nc2nccc(N3CCCCCC3)n2)CCCN1C1CCCCC1)[C@@H]1C[C@@H](O)CN1. The van der Waals surface area contributed by atoms with E-state index in [0.29, 0.717) is 31.6 Å². The van der Waals surface area contributed by atoms with E-state index in [-0.39, 0.29) is 18.0 Å². The molecule has 9 nitrogen and oxygen atoms in total. The Morgan fingerprint density at radius 2 is 1.81 bits per heavy atom. The first-order chi connectivity index (χ1) is 18.2. The number of anilines is 2. The lowest BCUT2D eigenvalue weighted by Gasteiger charge is -2.47. The molecule has 3 saturated heterocycles. The first kappa shape index (κ1) is 26.6. The molecule has 4 heterocycles. The van der Waals surface area contributed by atoms with Crippen LogP contribution in [0.15, 0.2) is 12.3 Å². The number of likely N-dealkylation sites (tertiary alicyclic amines) is 1. The minimum atomic E-state index is -0.422. The first-order valence-electron chi connectivity index (χ1n) is 15.0. The second-order valence-corrected chi connectivity index (χ2v) is 11.6. The van der Waals surface area contributed by atoms with Crippen molar-refractivity contribution in [3.8, 4) is 0 Å². The largest absolute Gasteiger partial charge is 0.392 e. The molecule has 0 bridgehead atoms. The van der Waals surface area contributed by atoms with Crippen molar-refractivity contribution in [3.63, 3.8) is 0 Å². The highest BCUT2D eigenvalue weighted by Gasteiger charge is 2.36. The molecule has 1 aromatic heterocycles. The number of carbonyl (C=O) groups is 1. The van der Waals surface area contributed by atoms with Crippen LogP contribution < -0.4 is 20.9 Å². The maximum Gasteiger partial charge on any atom is 0.237 e. The topological polar surface area (TPSA) is 106 Å². The summed E-state index contributed by atoms with van der Waals surface area (Å²) >= 11 is 0. The van der Waals surface area contributed by atoms with Gasteiger partial charge in [-0.05, 0) is 64.0 Å². The van der Waals surface area contributed by atoms with Gasteiger partial charge in [-0.2, -0.15) is 4.98 Å². The summed E-state index contributed by atoms with van der Waals surface area (Å²) in [5.41, 5.74) is 0. The van der Waals surface area contributed by atoms with Crippen LogP contribution in [0.4, 0.5) is 11.8 Å². The van der Waals surface area contributed by atoms with Crippen LogP contribution in [-0.4, -0.2) is 88.9 Å². The molecule has 4 fully saturated rings. The van der Waals surface area contributed by atoms with Crippen molar-refractivity contribution in [1.29, 1.82) is 0 Å². The predicted molar refractivity (Wildman–Crippen MR) is 147 cm³/mol. The molecule has 1 amide bonds. The highest BCUT2D eigenvalue weighted by atomic mass is 16.3. The number of hydrogen-bond acceptors (Lipinski definition) is 8. The number of aliphatic hydroxyl groups excluding tert-OH is 1. The standard InChI is InChI=1S/C28H47N7O2/c36-22-19-24(31-20-22)27(37)29-14-12-25-23(11-8-18-35(25)21-9-4-3-5-10-21)32-28-30-15-13-26(33-28)34-16-6-1-2-7-17-34/h13,15,21-25,31,36H,1-12,14,16-20H2,(H,29,37)(H,30,32,33)/t22-,23?,24+,25?/m1/s1. The van der Waals surface area contributed by atoms with Gasteiger partial charge in [0.25, 0.3) is 0 Å². The van der Waals surface area contributed by atoms with Gasteiger partial charge in [0.1, 0.15) is 5.82 Å². The molecule has 0 aromatic carbocycles. The quantitative estimate of drug-likeness (QED) is 0.421. The molecule has 1 aliphatic carbocycles. The average Bonchev–Trinajstić information content (AvgIpc) is 3.18. The Morgan fingerprint density at radius 3 is 2.57 bits per heavy atom. The van der Waals surface area contributed by atoms with Crippen LogP contribution in [0.1, 0.15) is 83.5 Å². The van der Waals surface area contributed by atoms with Crippen molar-refractivity contribution in [2.75, 3.05) is 42.9 Å². The highest BCUT2D eigenvalue weighted by Crippen LogP contribution is 2.31. The number of carbonyl (C=O) groups excluding carboxylic acids is 1. The molecule has 4 N–H and O–H groups in total. The summed E-state index contributed by atoms with van der Waals surface area (Å²) in [4.78, 5) is 27.4. The van der Waals surface area contributed by atoms with Crippen LogP contribution in [0, 0.1) is 0 Å². The van der Waals surface area contributed by atoms with Gasteiger partial charge in [-0.3, -0.25) is 9.69 Å². The zero-order valence-corrected chi connectivity index (χ0v) is 22.4. The molecule has 37 heavy (non-hydrogen) atoms. The second kappa shape index (κ2) is 13.2. The average molecular weight is 514 g/mol. The predicted octanol–water partition coefficient (Wildman–Crippen LogP) is 2.66. The number of nitrogens with one attached hydrogen (secondary N) is 3. The minimum Gasteiger partial charge on any atom is -0.392 e. The normalized spacial score (nSPS) is 30.1. The fourth-order valence-corrected chi connectivity index (χ4v) is 6.93. The zero-order chi connectivity index (χ0) is 25.5. The highest BCUT2D eigenvalue weighted by molar-refractivity contribution is 5.82. The Morgan fingerprint density at radius 1 is 1.03 bits per heavy atom. The van der Waals surface area contributed by atoms with Crippen molar-refractivity contribution in [3.05, 3.63) is 12.3 Å². The summed E-state index contributed by atoms with van der Waals surface area (Å²) in [6.07, 6.45) is 16.8. The third-order valence-electron chi connectivity index (χ3n) is 8.91. The monoisotopic (exact) mass is 513 g/mol. The van der Waals surface area contributed by atoms with Crippen LogP contribution in [-0.2, 0) is 4.79 Å². The van der Waals surface area contributed by atoms with E-state index in [1.807, 2.05) is 12.3 Å². The van der Waals surface area contributed by atoms with Gasteiger partial charge in [0.2, 0.25) is 11.9 Å². The van der Waals surface area contributed by atoms with Gasteiger partial charge in [-0.1, -0.05) is 32.1 Å². The lowest BCUT2D eigenvalue weighted by Crippen LogP contribution is -2.56. The molecular weight excluding hydrogens is 466 g/mol. The molecule has 206 valence electrons. The number of piperidine rings is 1. The lowest BCUT2D eigenvalue weighted by atomic mass is 9.87. The Kier molecular flexibility index (Phi) is 9.50. The zero-order valence-electron chi connectivity index (χ0n) is 22.4. The maximum atomic E-state index is 12.7. The van der Waals surface area contributed by atoms with Crippen molar-refractivity contribution in [2.45, 2.75) is 114 Å². The number of amides is 1. The fourth-order valence-electron chi connectivity index (χ4n) is 6.93. The van der Waals surface area contributed by atoms with E-state index in [0.717, 1.165) is 44.2 Å². The number of aliphatic hydroxyl groups is 1. The summed E-state index contributed by atoms with van der Waals surface area (Å²) < 4.78 is 0. The fraction of sp³-hybridized carbons (Fsp3) is 0.821. The van der Waals surface area contributed by atoms with E-state index >= 15 is 0 Å². The third-order valence-corrected chi connectivity index (χ3v) is 8.91. The van der Waals surface area contributed by atoms with E-state index in [4.69, 9.17) is 4.98 Å². The van der Waals surface area contributed by atoms with E-state index in [1.54, 1.807) is 0 Å². The Bertz CT molecular complexity index is 857. The first-order valence-corrected chi connectivity index (χ1v) is 15.0. The number of nitrogens with zero attached hydrogens (tertiary/aromatic N) is 4. The molecular formula is C28H47N7O2. The van der Waals surface area contributed by atoms with Gasteiger partial charge in [0.15, 0.2) is 0 Å². The maximum absolute atomic E-state index is 12.7. The molecule has 4 atom stereocenters. The van der Waals surface area contributed by atoms with Gasteiger partial charge >= 0.3 is 0 Å². The molecule has 3 aliphatic heterocycles. The summed E-state index contributed by atoms with van der Waals surface area (Å²) in [7, 11) is 0. The van der Waals surface area contributed by atoms with Gasteiger partial charge in [0, 0.05) is 50.5 Å². The lowest BCUT2D eigenvalue weighted by molar-refractivity contribution is -0.123. The molecule has 0 spiro atoms. The van der Waals surface area contributed by atoms with Crippen molar-refractivity contribution in [2.24, 2.45) is 0 Å². The summed E-state index contributed by atoms with van der Waals surface area (Å²) in [6, 6.07) is 3.00. The second-order valence-electron chi connectivity index (χ2n) is 11.6. The summed E-state index contributed by atoms with van der Waals surface area (Å²) in [5, 5.41) is 19.8. The molecule has 1 aromatic rings. The molecule has 4 aliphatic rings. The Balaban J connectivity index is 1.25. The van der Waals surface area contributed by atoms with E-state index < -0.39 is 6.10 Å². The number of rotatable bonds is 8. The summed E-state index contributed by atoms with van der Waals surface area (Å²) in [5.74, 6) is 1.78. The van der Waals surface area contributed by atoms with E-state index in [2.05, 4.69) is 30.7 Å². The molecule has 9 heteroatoms. The molecule has 2 unspecified atom stereocenters. The van der Waals surface area contributed by atoms with E-state index in [1.165, 1.54) is 64.2 Å². The van der Waals surface area contributed by atoms with E-state index in [9.17, 15) is 9.90 Å². The van der Waals surface area contributed by atoms with Crippen LogP contribution in [0.2, 0.25) is 0 Å². The van der Waals surface area contributed by atoms with Crippen LogP contribution in [0.25, 0.3) is 0 Å². The smallest absolute Gasteiger partial charge is 0.237 e.